The molecule has 2 aromatic rings. The van der Waals surface area contributed by atoms with Crippen LogP contribution in [0, 0.1) is 19.3 Å². The van der Waals surface area contributed by atoms with Crippen LogP contribution in [0.15, 0.2) is 24.3 Å². The van der Waals surface area contributed by atoms with Crippen LogP contribution in [0.4, 0.5) is 0 Å². The standard InChI is InChI=1S/C19H22ClN3O3/c1-12-16(17(24)22-9-8-19(3,11-22)18(25)26)13(2)23(21-12)10-14-6-4-5-7-15(14)20/h4-7H,8-11H2,1-3H3,(H,25,26). The number of carbonyl (C=O) groups is 2. The summed E-state index contributed by atoms with van der Waals surface area (Å²) in [7, 11) is 0. The van der Waals surface area contributed by atoms with Gasteiger partial charge >= 0.3 is 5.97 Å². The van der Waals surface area contributed by atoms with Crippen LogP contribution in [-0.2, 0) is 11.3 Å². The van der Waals surface area contributed by atoms with E-state index in [1.165, 1.54) is 0 Å². The summed E-state index contributed by atoms with van der Waals surface area (Å²) < 4.78 is 1.77. The summed E-state index contributed by atoms with van der Waals surface area (Å²) in [4.78, 5) is 26.0. The van der Waals surface area contributed by atoms with E-state index in [4.69, 9.17) is 11.6 Å². The molecule has 0 saturated carbocycles. The van der Waals surface area contributed by atoms with E-state index in [0.717, 1.165) is 11.3 Å². The number of hydrogen-bond donors (Lipinski definition) is 1. The molecule has 0 bridgehead atoms. The molecule has 1 aliphatic heterocycles. The Balaban J connectivity index is 1.86. The Bertz CT molecular complexity index is 877. The zero-order chi connectivity index (χ0) is 19.1. The minimum atomic E-state index is -0.884. The third-order valence-electron chi connectivity index (χ3n) is 5.15. The van der Waals surface area contributed by atoms with Gasteiger partial charge < -0.3 is 10.0 Å². The monoisotopic (exact) mass is 375 g/mol. The number of carbonyl (C=O) groups excluding carboxylic acids is 1. The van der Waals surface area contributed by atoms with Gasteiger partial charge in [0, 0.05) is 23.8 Å². The highest BCUT2D eigenvalue weighted by Gasteiger charge is 2.43. The Kier molecular flexibility index (Phi) is 4.80. The van der Waals surface area contributed by atoms with Crippen molar-refractivity contribution in [1.82, 2.24) is 14.7 Å². The zero-order valence-corrected chi connectivity index (χ0v) is 15.9. The van der Waals surface area contributed by atoms with Gasteiger partial charge in [-0.25, -0.2) is 0 Å². The summed E-state index contributed by atoms with van der Waals surface area (Å²) in [5.74, 6) is -1.02. The van der Waals surface area contributed by atoms with Gasteiger partial charge in [0.1, 0.15) is 0 Å². The molecular weight excluding hydrogens is 354 g/mol. The molecule has 1 saturated heterocycles. The Morgan fingerprint density at radius 2 is 2.00 bits per heavy atom. The molecule has 6 nitrogen and oxygen atoms in total. The molecule has 0 spiro atoms. The lowest BCUT2D eigenvalue weighted by molar-refractivity contribution is -0.147. The fourth-order valence-corrected chi connectivity index (χ4v) is 3.61. The van der Waals surface area contributed by atoms with Gasteiger partial charge in [0.2, 0.25) is 0 Å². The first-order valence-electron chi connectivity index (χ1n) is 8.53. The van der Waals surface area contributed by atoms with Crippen LogP contribution in [-0.4, -0.2) is 44.8 Å². The molecule has 7 heteroatoms. The molecule has 26 heavy (non-hydrogen) atoms. The Morgan fingerprint density at radius 3 is 2.62 bits per heavy atom. The van der Waals surface area contributed by atoms with Crippen LogP contribution in [0.2, 0.25) is 5.02 Å². The summed E-state index contributed by atoms with van der Waals surface area (Å²) in [6.07, 6.45) is 0.458. The lowest BCUT2D eigenvalue weighted by Crippen LogP contribution is -2.35. The number of likely N-dealkylation sites (tertiary alicyclic amines) is 1. The van der Waals surface area contributed by atoms with Crippen molar-refractivity contribution in [3.05, 3.63) is 51.8 Å². The maximum absolute atomic E-state index is 13.0. The van der Waals surface area contributed by atoms with Gasteiger partial charge in [0.15, 0.2) is 0 Å². The normalized spacial score (nSPS) is 19.8. The van der Waals surface area contributed by atoms with E-state index < -0.39 is 11.4 Å². The van der Waals surface area contributed by atoms with Crippen molar-refractivity contribution in [1.29, 1.82) is 0 Å². The van der Waals surface area contributed by atoms with Crippen molar-refractivity contribution in [2.75, 3.05) is 13.1 Å². The lowest BCUT2D eigenvalue weighted by Gasteiger charge is -2.20. The van der Waals surface area contributed by atoms with Crippen LogP contribution in [0.25, 0.3) is 0 Å². The predicted molar refractivity (Wildman–Crippen MR) is 98.5 cm³/mol. The number of halogens is 1. The molecule has 0 radical (unpaired) electrons. The smallest absolute Gasteiger partial charge is 0.311 e. The number of benzene rings is 1. The summed E-state index contributed by atoms with van der Waals surface area (Å²) >= 11 is 6.23. The van der Waals surface area contributed by atoms with Crippen LogP contribution in [0.5, 0.6) is 0 Å². The molecule has 1 atom stereocenters. The maximum atomic E-state index is 13.0. The van der Waals surface area contributed by atoms with Gasteiger partial charge in [0.25, 0.3) is 5.91 Å². The van der Waals surface area contributed by atoms with Gasteiger partial charge in [-0.3, -0.25) is 14.3 Å². The Morgan fingerprint density at radius 1 is 1.31 bits per heavy atom. The van der Waals surface area contributed by atoms with Crippen molar-refractivity contribution >= 4 is 23.5 Å². The molecule has 1 fully saturated rings. The van der Waals surface area contributed by atoms with Crippen LogP contribution < -0.4 is 0 Å². The average Bonchev–Trinajstić information content (AvgIpc) is 3.11. The van der Waals surface area contributed by atoms with Crippen molar-refractivity contribution in [2.24, 2.45) is 5.41 Å². The summed E-state index contributed by atoms with van der Waals surface area (Å²) in [5.41, 5.74) is 2.00. The maximum Gasteiger partial charge on any atom is 0.311 e. The lowest BCUT2D eigenvalue weighted by atomic mass is 9.90. The second-order valence-electron chi connectivity index (χ2n) is 7.14. The molecular formula is C19H22ClN3O3. The zero-order valence-electron chi connectivity index (χ0n) is 15.1. The molecule has 3 rings (SSSR count). The number of nitrogens with zero attached hydrogens (tertiary/aromatic N) is 3. The first kappa shape index (κ1) is 18.5. The molecule has 1 N–H and O–H groups in total. The summed E-state index contributed by atoms with van der Waals surface area (Å²) in [6, 6.07) is 7.54. The number of aryl methyl sites for hydroxylation is 1. The van der Waals surface area contributed by atoms with Crippen molar-refractivity contribution < 1.29 is 14.7 Å². The van der Waals surface area contributed by atoms with Crippen molar-refractivity contribution in [3.63, 3.8) is 0 Å². The van der Waals surface area contributed by atoms with Gasteiger partial charge in [-0.15, -0.1) is 0 Å². The van der Waals surface area contributed by atoms with E-state index in [1.807, 2.05) is 31.2 Å². The number of amides is 1. The van der Waals surface area contributed by atoms with E-state index in [-0.39, 0.29) is 12.5 Å². The Hall–Kier alpha value is -2.34. The van der Waals surface area contributed by atoms with Crippen LogP contribution >= 0.6 is 11.6 Å². The molecule has 1 aliphatic rings. The van der Waals surface area contributed by atoms with E-state index in [0.29, 0.717) is 35.8 Å². The number of carboxylic acids is 1. The van der Waals surface area contributed by atoms with Crippen molar-refractivity contribution in [2.45, 2.75) is 33.7 Å². The molecule has 1 amide bonds. The first-order chi connectivity index (χ1) is 12.2. The highest BCUT2D eigenvalue weighted by molar-refractivity contribution is 6.31. The van der Waals surface area contributed by atoms with Crippen molar-refractivity contribution in [3.8, 4) is 0 Å². The second-order valence-corrected chi connectivity index (χ2v) is 7.54. The van der Waals surface area contributed by atoms with Gasteiger partial charge in [0.05, 0.1) is 23.2 Å². The molecule has 1 unspecified atom stereocenters. The molecule has 0 aliphatic carbocycles. The van der Waals surface area contributed by atoms with E-state index in [9.17, 15) is 14.7 Å². The van der Waals surface area contributed by atoms with E-state index in [2.05, 4.69) is 5.10 Å². The minimum absolute atomic E-state index is 0.157. The van der Waals surface area contributed by atoms with Gasteiger partial charge in [-0.2, -0.15) is 5.10 Å². The summed E-state index contributed by atoms with van der Waals surface area (Å²) in [5, 5.41) is 14.5. The molecule has 2 heterocycles. The van der Waals surface area contributed by atoms with Crippen LogP contribution in [0.3, 0.4) is 0 Å². The fourth-order valence-electron chi connectivity index (χ4n) is 3.42. The highest BCUT2D eigenvalue weighted by atomic mass is 35.5. The largest absolute Gasteiger partial charge is 0.481 e. The van der Waals surface area contributed by atoms with Crippen LogP contribution in [0.1, 0.15) is 40.7 Å². The minimum Gasteiger partial charge on any atom is -0.481 e. The van der Waals surface area contributed by atoms with Gasteiger partial charge in [-0.1, -0.05) is 29.8 Å². The molecule has 1 aromatic heterocycles. The summed E-state index contributed by atoms with van der Waals surface area (Å²) in [6.45, 7) is 6.48. The number of rotatable bonds is 4. The van der Waals surface area contributed by atoms with E-state index in [1.54, 1.807) is 23.4 Å². The number of carboxylic acid groups (broad SMARTS) is 1. The first-order valence-corrected chi connectivity index (χ1v) is 8.91. The van der Waals surface area contributed by atoms with Gasteiger partial charge in [-0.05, 0) is 38.8 Å². The fraction of sp³-hybridized carbons (Fsp3) is 0.421. The number of hydrogen-bond acceptors (Lipinski definition) is 3. The Labute approximate surface area is 157 Å². The third kappa shape index (κ3) is 3.21. The predicted octanol–water partition coefficient (Wildman–Crippen LogP) is 3.14. The average molecular weight is 376 g/mol. The SMILES string of the molecule is Cc1nn(Cc2ccccc2Cl)c(C)c1C(=O)N1CCC(C)(C(=O)O)C1. The third-order valence-corrected chi connectivity index (χ3v) is 5.52. The number of aliphatic carboxylic acids is 1. The second kappa shape index (κ2) is 6.76. The van der Waals surface area contributed by atoms with E-state index >= 15 is 0 Å². The highest BCUT2D eigenvalue weighted by Crippen LogP contribution is 2.32. The molecule has 138 valence electrons. The topological polar surface area (TPSA) is 75.4 Å². The quantitative estimate of drug-likeness (QED) is 0.890. The number of aromatic nitrogens is 2. The molecule has 1 aromatic carbocycles.